The number of ether oxygens (including phenoxy) is 1. The van der Waals surface area contributed by atoms with Gasteiger partial charge in [-0.3, -0.25) is 4.79 Å². The molecule has 3 heteroatoms. The minimum atomic E-state index is -0.124. The predicted octanol–water partition coefficient (Wildman–Crippen LogP) is 2.99. The highest BCUT2D eigenvalue weighted by Crippen LogP contribution is 2.15. The van der Waals surface area contributed by atoms with Gasteiger partial charge < -0.3 is 10.1 Å². The van der Waals surface area contributed by atoms with E-state index in [0.29, 0.717) is 13.0 Å². The number of ketones is 1. The van der Waals surface area contributed by atoms with Crippen molar-refractivity contribution in [1.29, 1.82) is 0 Å². The summed E-state index contributed by atoms with van der Waals surface area (Å²) in [4.78, 5) is 11.4. The van der Waals surface area contributed by atoms with E-state index in [1.807, 2.05) is 61.6 Å². The van der Waals surface area contributed by atoms with Gasteiger partial charge in [0, 0.05) is 0 Å². The van der Waals surface area contributed by atoms with Crippen LogP contribution in [0.5, 0.6) is 5.75 Å². The highest BCUT2D eigenvalue weighted by Gasteiger charge is 2.11. The summed E-state index contributed by atoms with van der Waals surface area (Å²) < 4.78 is 5.74. The molecule has 0 fully saturated rings. The quantitative estimate of drug-likeness (QED) is 0.849. The lowest BCUT2D eigenvalue weighted by molar-refractivity contribution is -0.118. The number of rotatable bonds is 7. The average Bonchev–Trinajstić information content (AvgIpc) is 2.52. The normalized spacial score (nSPS) is 11.9. The Morgan fingerprint density at radius 3 is 2.29 bits per heavy atom. The lowest BCUT2D eigenvalue weighted by Crippen LogP contribution is -2.34. The summed E-state index contributed by atoms with van der Waals surface area (Å²) in [5.74, 6) is 0.994. The van der Waals surface area contributed by atoms with E-state index in [0.717, 1.165) is 16.9 Å². The summed E-state index contributed by atoms with van der Waals surface area (Å²) in [5.41, 5.74) is 2.27. The first-order valence-electron chi connectivity index (χ1n) is 7.12. The van der Waals surface area contributed by atoms with Crippen molar-refractivity contribution in [3.05, 3.63) is 65.7 Å². The van der Waals surface area contributed by atoms with E-state index in [1.165, 1.54) is 0 Å². The summed E-state index contributed by atoms with van der Waals surface area (Å²) in [6, 6.07) is 17.9. The molecule has 2 aromatic rings. The number of hydrogen-bond acceptors (Lipinski definition) is 3. The SMILES string of the molecule is CN[C@@H](Cc1ccc(OCc2ccccc2)cc1)C(C)=O. The summed E-state index contributed by atoms with van der Waals surface area (Å²) in [5, 5.41) is 3.03. The van der Waals surface area contributed by atoms with Gasteiger partial charge in [-0.25, -0.2) is 0 Å². The molecule has 0 aliphatic heterocycles. The maximum atomic E-state index is 11.4. The molecule has 21 heavy (non-hydrogen) atoms. The van der Waals surface area contributed by atoms with Crippen LogP contribution in [0, 0.1) is 0 Å². The highest BCUT2D eigenvalue weighted by atomic mass is 16.5. The van der Waals surface area contributed by atoms with Crippen LogP contribution in [-0.2, 0) is 17.8 Å². The van der Waals surface area contributed by atoms with Gasteiger partial charge >= 0.3 is 0 Å². The lowest BCUT2D eigenvalue weighted by Gasteiger charge is -2.13. The van der Waals surface area contributed by atoms with Crippen LogP contribution in [0.4, 0.5) is 0 Å². The second kappa shape index (κ2) is 7.60. The number of hydrogen-bond donors (Lipinski definition) is 1. The zero-order valence-electron chi connectivity index (χ0n) is 12.5. The molecule has 0 radical (unpaired) electrons. The lowest BCUT2D eigenvalue weighted by atomic mass is 10.0. The van der Waals surface area contributed by atoms with Crippen LogP contribution < -0.4 is 10.1 Å². The third-order valence-corrected chi connectivity index (χ3v) is 3.45. The number of Topliss-reactive ketones (excluding diaryl/α,β-unsaturated/α-hetero) is 1. The smallest absolute Gasteiger partial charge is 0.147 e. The van der Waals surface area contributed by atoms with Gasteiger partial charge in [-0.1, -0.05) is 42.5 Å². The fourth-order valence-electron chi connectivity index (χ4n) is 2.15. The van der Waals surface area contributed by atoms with Crippen LogP contribution in [0.25, 0.3) is 0 Å². The summed E-state index contributed by atoms with van der Waals surface area (Å²) in [6.07, 6.45) is 0.699. The maximum absolute atomic E-state index is 11.4. The Morgan fingerprint density at radius 2 is 1.71 bits per heavy atom. The average molecular weight is 283 g/mol. The van der Waals surface area contributed by atoms with E-state index in [1.54, 1.807) is 6.92 Å². The zero-order valence-corrected chi connectivity index (χ0v) is 12.5. The Kier molecular flexibility index (Phi) is 5.52. The molecular formula is C18H21NO2. The summed E-state index contributed by atoms with van der Waals surface area (Å²) in [6.45, 7) is 2.17. The first kappa shape index (κ1) is 15.3. The molecule has 0 heterocycles. The Hall–Kier alpha value is -2.13. The Morgan fingerprint density at radius 1 is 1.05 bits per heavy atom. The van der Waals surface area contributed by atoms with Gasteiger partial charge in [0.2, 0.25) is 0 Å². The molecule has 0 saturated heterocycles. The van der Waals surface area contributed by atoms with Crippen LogP contribution in [0.15, 0.2) is 54.6 Å². The monoisotopic (exact) mass is 283 g/mol. The molecule has 0 aliphatic carbocycles. The van der Waals surface area contributed by atoms with Crippen LogP contribution >= 0.6 is 0 Å². The molecule has 0 unspecified atom stereocenters. The zero-order chi connectivity index (χ0) is 15.1. The number of carbonyl (C=O) groups is 1. The molecule has 0 aromatic heterocycles. The Labute approximate surface area is 126 Å². The van der Waals surface area contributed by atoms with Gasteiger partial charge in [-0.2, -0.15) is 0 Å². The molecule has 1 atom stereocenters. The van der Waals surface area contributed by atoms with Crippen molar-refractivity contribution in [2.75, 3.05) is 7.05 Å². The van der Waals surface area contributed by atoms with Crippen molar-refractivity contribution < 1.29 is 9.53 Å². The second-order valence-corrected chi connectivity index (χ2v) is 5.07. The predicted molar refractivity (Wildman–Crippen MR) is 84.4 cm³/mol. The first-order valence-corrected chi connectivity index (χ1v) is 7.12. The molecule has 0 amide bonds. The third-order valence-electron chi connectivity index (χ3n) is 3.45. The van der Waals surface area contributed by atoms with Crippen LogP contribution in [0.1, 0.15) is 18.1 Å². The number of nitrogens with one attached hydrogen (secondary N) is 1. The van der Waals surface area contributed by atoms with Crippen molar-refractivity contribution in [2.24, 2.45) is 0 Å². The van der Waals surface area contributed by atoms with E-state index in [9.17, 15) is 4.79 Å². The molecule has 0 spiro atoms. The van der Waals surface area contributed by atoms with Crippen molar-refractivity contribution in [3.8, 4) is 5.75 Å². The van der Waals surface area contributed by atoms with Crippen molar-refractivity contribution in [2.45, 2.75) is 26.0 Å². The van der Waals surface area contributed by atoms with E-state index in [-0.39, 0.29) is 11.8 Å². The van der Waals surface area contributed by atoms with Crippen molar-refractivity contribution in [3.63, 3.8) is 0 Å². The number of likely N-dealkylation sites (N-methyl/N-ethyl adjacent to an activating group) is 1. The molecule has 1 N–H and O–H groups in total. The van der Waals surface area contributed by atoms with Gasteiger partial charge in [0.05, 0.1) is 6.04 Å². The van der Waals surface area contributed by atoms with Crippen molar-refractivity contribution >= 4 is 5.78 Å². The van der Waals surface area contributed by atoms with Gasteiger partial charge in [0.1, 0.15) is 18.1 Å². The van der Waals surface area contributed by atoms with Crippen LogP contribution in [-0.4, -0.2) is 18.9 Å². The number of benzene rings is 2. The summed E-state index contributed by atoms with van der Waals surface area (Å²) >= 11 is 0. The topological polar surface area (TPSA) is 38.3 Å². The number of carbonyl (C=O) groups excluding carboxylic acids is 1. The maximum Gasteiger partial charge on any atom is 0.147 e. The van der Waals surface area contributed by atoms with Crippen molar-refractivity contribution in [1.82, 2.24) is 5.32 Å². The molecular weight excluding hydrogens is 262 g/mol. The molecule has 0 aliphatic rings. The minimum absolute atomic E-state index is 0.124. The fraction of sp³-hybridized carbons (Fsp3) is 0.278. The summed E-state index contributed by atoms with van der Waals surface area (Å²) in [7, 11) is 1.81. The van der Waals surface area contributed by atoms with Gasteiger partial charge in [-0.15, -0.1) is 0 Å². The molecule has 2 rings (SSSR count). The van der Waals surface area contributed by atoms with E-state index >= 15 is 0 Å². The molecule has 3 nitrogen and oxygen atoms in total. The molecule has 2 aromatic carbocycles. The van der Waals surface area contributed by atoms with Gasteiger partial charge in [-0.05, 0) is 43.7 Å². The Bertz CT molecular complexity index is 564. The van der Waals surface area contributed by atoms with Gasteiger partial charge in [0.15, 0.2) is 0 Å². The molecule has 110 valence electrons. The van der Waals surface area contributed by atoms with Crippen LogP contribution in [0.2, 0.25) is 0 Å². The molecule has 0 bridgehead atoms. The Balaban J connectivity index is 1.91. The molecule has 0 saturated carbocycles. The fourth-order valence-corrected chi connectivity index (χ4v) is 2.15. The van der Waals surface area contributed by atoms with E-state index in [2.05, 4.69) is 5.32 Å². The second-order valence-electron chi connectivity index (χ2n) is 5.07. The third kappa shape index (κ3) is 4.72. The van der Waals surface area contributed by atoms with E-state index < -0.39 is 0 Å². The van der Waals surface area contributed by atoms with E-state index in [4.69, 9.17) is 4.74 Å². The largest absolute Gasteiger partial charge is 0.489 e. The minimum Gasteiger partial charge on any atom is -0.489 e. The first-order chi connectivity index (χ1) is 10.2. The highest BCUT2D eigenvalue weighted by molar-refractivity contribution is 5.81. The van der Waals surface area contributed by atoms with Crippen LogP contribution in [0.3, 0.4) is 0 Å². The standard InChI is InChI=1S/C18H21NO2/c1-14(20)18(19-2)12-15-8-10-17(11-9-15)21-13-16-6-4-3-5-7-16/h3-11,18-19H,12-13H2,1-2H3/t18-/m0/s1. The van der Waals surface area contributed by atoms with Gasteiger partial charge in [0.25, 0.3) is 0 Å².